The second kappa shape index (κ2) is 8.02. The summed E-state index contributed by atoms with van der Waals surface area (Å²) in [5.74, 6) is 4.08. The predicted octanol–water partition coefficient (Wildman–Crippen LogP) is 1.38. The third kappa shape index (κ3) is 4.79. The Balaban J connectivity index is 2.65. The first-order valence-corrected chi connectivity index (χ1v) is 5.88. The average Bonchev–Trinajstić information content (AvgIpc) is 2.42. The van der Waals surface area contributed by atoms with Crippen molar-refractivity contribution in [3.05, 3.63) is 29.8 Å². The zero-order valence-corrected chi connectivity index (χ0v) is 10.9. The van der Waals surface area contributed by atoms with E-state index in [1.807, 2.05) is 31.2 Å². The Bertz CT molecular complexity index is 435. The van der Waals surface area contributed by atoms with E-state index in [-0.39, 0.29) is 0 Å². The lowest BCUT2D eigenvalue weighted by atomic mass is 10.2. The van der Waals surface area contributed by atoms with Gasteiger partial charge in [0.1, 0.15) is 5.75 Å². The summed E-state index contributed by atoms with van der Waals surface area (Å²) in [5, 5.41) is 6.17. The Morgan fingerprint density at radius 3 is 2.94 bits per heavy atom. The number of hydrogen-bond donors (Lipinski definition) is 2. The molecule has 18 heavy (non-hydrogen) atoms. The van der Waals surface area contributed by atoms with Gasteiger partial charge in [0.15, 0.2) is 5.96 Å². The Morgan fingerprint density at radius 2 is 2.28 bits per heavy atom. The molecule has 0 aliphatic carbocycles. The van der Waals surface area contributed by atoms with Crippen molar-refractivity contribution in [1.82, 2.24) is 10.6 Å². The van der Waals surface area contributed by atoms with Crippen LogP contribution in [0.4, 0.5) is 0 Å². The molecule has 0 aromatic heterocycles. The molecule has 96 valence electrons. The maximum atomic E-state index is 5.21. The van der Waals surface area contributed by atoms with Gasteiger partial charge in [0, 0.05) is 6.54 Å². The van der Waals surface area contributed by atoms with Gasteiger partial charge < -0.3 is 15.4 Å². The third-order valence-electron chi connectivity index (χ3n) is 2.26. The Morgan fingerprint density at radius 1 is 1.44 bits per heavy atom. The van der Waals surface area contributed by atoms with Crippen LogP contribution in [-0.2, 0) is 6.54 Å². The first-order valence-electron chi connectivity index (χ1n) is 5.88. The van der Waals surface area contributed by atoms with Gasteiger partial charge in [-0.05, 0) is 24.6 Å². The summed E-state index contributed by atoms with van der Waals surface area (Å²) < 4.78 is 5.17. The second-order valence-electron chi connectivity index (χ2n) is 3.60. The van der Waals surface area contributed by atoms with Crippen molar-refractivity contribution in [2.75, 3.05) is 20.2 Å². The fourth-order valence-corrected chi connectivity index (χ4v) is 1.42. The average molecular weight is 245 g/mol. The lowest BCUT2D eigenvalue weighted by Crippen LogP contribution is -2.37. The largest absolute Gasteiger partial charge is 0.497 e. The van der Waals surface area contributed by atoms with Crippen LogP contribution in [0.1, 0.15) is 12.5 Å². The minimum absolute atomic E-state index is 0.462. The zero-order chi connectivity index (χ0) is 13.2. The molecule has 0 saturated carbocycles. The van der Waals surface area contributed by atoms with Crippen molar-refractivity contribution in [2.45, 2.75) is 13.5 Å². The van der Waals surface area contributed by atoms with E-state index in [1.54, 1.807) is 7.11 Å². The van der Waals surface area contributed by atoms with E-state index < -0.39 is 0 Å². The topological polar surface area (TPSA) is 45.7 Å². The van der Waals surface area contributed by atoms with Crippen LogP contribution in [0.2, 0.25) is 0 Å². The summed E-state index contributed by atoms with van der Waals surface area (Å²) in [6, 6.07) is 7.84. The highest BCUT2D eigenvalue weighted by molar-refractivity contribution is 5.79. The van der Waals surface area contributed by atoms with E-state index in [4.69, 9.17) is 11.2 Å². The highest BCUT2D eigenvalue weighted by atomic mass is 16.5. The van der Waals surface area contributed by atoms with E-state index >= 15 is 0 Å². The summed E-state index contributed by atoms with van der Waals surface area (Å²) in [6.07, 6.45) is 5.21. The van der Waals surface area contributed by atoms with Crippen LogP contribution < -0.4 is 15.4 Å². The first kappa shape index (κ1) is 13.9. The molecule has 0 atom stereocenters. The molecule has 0 radical (unpaired) electrons. The fraction of sp³-hybridized carbons (Fsp3) is 0.357. The number of methoxy groups -OCH3 is 1. The summed E-state index contributed by atoms with van der Waals surface area (Å²) in [7, 11) is 1.65. The molecule has 2 N–H and O–H groups in total. The molecule has 0 spiro atoms. The number of aliphatic imine (C=N–C) groups is 1. The first-order chi connectivity index (χ1) is 8.80. The molecule has 4 heteroatoms. The number of nitrogens with one attached hydrogen (secondary N) is 2. The van der Waals surface area contributed by atoms with Gasteiger partial charge in [-0.1, -0.05) is 18.1 Å². The number of nitrogens with zero attached hydrogens (tertiary/aromatic N) is 1. The quantitative estimate of drug-likeness (QED) is 0.468. The lowest BCUT2D eigenvalue weighted by Gasteiger charge is -2.09. The molecule has 0 aliphatic heterocycles. The van der Waals surface area contributed by atoms with Crippen LogP contribution in [0.5, 0.6) is 5.75 Å². The molecular weight excluding hydrogens is 226 g/mol. The van der Waals surface area contributed by atoms with Crippen LogP contribution in [-0.4, -0.2) is 26.2 Å². The van der Waals surface area contributed by atoms with Gasteiger partial charge in [-0.25, -0.2) is 4.99 Å². The van der Waals surface area contributed by atoms with Crippen molar-refractivity contribution in [1.29, 1.82) is 0 Å². The number of benzene rings is 1. The van der Waals surface area contributed by atoms with E-state index in [1.165, 1.54) is 0 Å². The van der Waals surface area contributed by atoms with Crippen molar-refractivity contribution >= 4 is 5.96 Å². The molecule has 4 nitrogen and oxygen atoms in total. The molecule has 1 aromatic rings. The zero-order valence-electron chi connectivity index (χ0n) is 10.9. The van der Waals surface area contributed by atoms with Gasteiger partial charge in [-0.3, -0.25) is 0 Å². The van der Waals surface area contributed by atoms with Gasteiger partial charge in [0.25, 0.3) is 0 Å². The van der Waals surface area contributed by atoms with Crippen molar-refractivity contribution in [2.24, 2.45) is 4.99 Å². The fourth-order valence-electron chi connectivity index (χ4n) is 1.42. The minimum Gasteiger partial charge on any atom is -0.497 e. The molecule has 0 heterocycles. The van der Waals surface area contributed by atoms with Crippen LogP contribution >= 0.6 is 0 Å². The van der Waals surface area contributed by atoms with Gasteiger partial charge in [-0.15, -0.1) is 6.42 Å². The smallest absolute Gasteiger partial charge is 0.192 e. The summed E-state index contributed by atoms with van der Waals surface area (Å²) in [4.78, 5) is 4.44. The van der Waals surface area contributed by atoms with Crippen LogP contribution in [0, 0.1) is 12.3 Å². The maximum Gasteiger partial charge on any atom is 0.192 e. The molecular formula is C14H19N3O. The highest BCUT2D eigenvalue weighted by Crippen LogP contribution is 2.12. The van der Waals surface area contributed by atoms with E-state index in [0.29, 0.717) is 13.1 Å². The number of ether oxygens (including phenoxy) is 1. The molecule has 0 aliphatic rings. The monoisotopic (exact) mass is 245 g/mol. The molecule has 1 rings (SSSR count). The second-order valence-corrected chi connectivity index (χ2v) is 3.60. The summed E-state index contributed by atoms with van der Waals surface area (Å²) in [6.45, 7) is 3.86. The van der Waals surface area contributed by atoms with Gasteiger partial charge >= 0.3 is 0 Å². The third-order valence-corrected chi connectivity index (χ3v) is 2.26. The van der Waals surface area contributed by atoms with Crippen LogP contribution in [0.25, 0.3) is 0 Å². The highest BCUT2D eigenvalue weighted by Gasteiger charge is 1.97. The van der Waals surface area contributed by atoms with E-state index in [9.17, 15) is 0 Å². The van der Waals surface area contributed by atoms with E-state index in [0.717, 1.165) is 23.8 Å². The molecule has 0 fully saturated rings. The van der Waals surface area contributed by atoms with Gasteiger partial charge in [0.2, 0.25) is 0 Å². The lowest BCUT2D eigenvalue weighted by molar-refractivity contribution is 0.414. The number of hydrogen-bond acceptors (Lipinski definition) is 2. The Hall–Kier alpha value is -2.15. The van der Waals surface area contributed by atoms with Gasteiger partial charge in [0.05, 0.1) is 20.2 Å². The number of rotatable bonds is 5. The predicted molar refractivity (Wildman–Crippen MR) is 74.6 cm³/mol. The SMILES string of the molecule is C#CCNC(=NCc1cccc(OC)c1)NCC. The van der Waals surface area contributed by atoms with Crippen molar-refractivity contribution in [3.8, 4) is 18.1 Å². The number of guanidine groups is 1. The maximum absolute atomic E-state index is 5.21. The molecule has 0 saturated heterocycles. The molecule has 0 unspecified atom stereocenters. The Labute approximate surface area is 108 Å². The standard InChI is InChI=1S/C14H19N3O/c1-4-9-16-14(15-5-2)17-11-12-7-6-8-13(10-12)18-3/h1,6-8,10H,5,9,11H2,2-3H3,(H2,15,16,17). The number of terminal acetylenes is 1. The van der Waals surface area contributed by atoms with Crippen LogP contribution in [0.15, 0.2) is 29.3 Å². The normalized spacial score (nSPS) is 10.6. The summed E-state index contributed by atoms with van der Waals surface area (Å²) in [5.41, 5.74) is 1.09. The molecule has 0 bridgehead atoms. The Kier molecular flexibility index (Phi) is 6.20. The molecule has 1 aromatic carbocycles. The summed E-state index contributed by atoms with van der Waals surface area (Å²) >= 11 is 0. The molecule has 0 amide bonds. The van der Waals surface area contributed by atoms with Crippen molar-refractivity contribution < 1.29 is 4.74 Å². The van der Waals surface area contributed by atoms with E-state index in [2.05, 4.69) is 21.5 Å². The van der Waals surface area contributed by atoms with Crippen LogP contribution in [0.3, 0.4) is 0 Å². The van der Waals surface area contributed by atoms with Gasteiger partial charge in [-0.2, -0.15) is 0 Å². The minimum atomic E-state index is 0.462. The van der Waals surface area contributed by atoms with Crippen molar-refractivity contribution in [3.63, 3.8) is 0 Å².